The lowest BCUT2D eigenvalue weighted by Crippen LogP contribution is -2.39. The van der Waals surface area contributed by atoms with Crippen LogP contribution in [0.4, 0.5) is 0 Å². The Morgan fingerprint density at radius 3 is 2.60 bits per heavy atom. The Kier molecular flexibility index (Phi) is 3.82. The second-order valence-corrected chi connectivity index (χ2v) is 8.36. The first-order valence-electron chi connectivity index (χ1n) is 6.83. The predicted molar refractivity (Wildman–Crippen MR) is 72.2 cm³/mol. The van der Waals surface area contributed by atoms with E-state index in [4.69, 9.17) is 10.4 Å². The Morgan fingerprint density at radius 1 is 1.45 bits per heavy atom. The molecule has 6 nitrogen and oxygen atoms in total. The van der Waals surface area contributed by atoms with Crippen molar-refractivity contribution in [2.24, 2.45) is 11.3 Å². The molecule has 0 aliphatic carbocycles. The van der Waals surface area contributed by atoms with Gasteiger partial charge in [-0.15, -0.1) is 0 Å². The molecule has 0 spiro atoms. The summed E-state index contributed by atoms with van der Waals surface area (Å²) in [5.41, 5.74) is -0.682. The van der Waals surface area contributed by atoms with E-state index in [1.807, 2.05) is 0 Å². The minimum absolute atomic E-state index is 0.0904. The Balaban J connectivity index is 2.12. The van der Waals surface area contributed by atoms with Crippen molar-refractivity contribution in [3.8, 4) is 6.07 Å². The molecule has 2 bridgehead atoms. The summed E-state index contributed by atoms with van der Waals surface area (Å²) in [7, 11) is -3.49. The van der Waals surface area contributed by atoms with Gasteiger partial charge in [-0.25, -0.2) is 8.42 Å². The molecule has 2 saturated heterocycles. The first-order chi connectivity index (χ1) is 9.18. The van der Waals surface area contributed by atoms with Crippen LogP contribution in [0.15, 0.2) is 0 Å². The molecule has 2 rings (SSSR count). The molecular formula is C13H20N2O4S. The van der Waals surface area contributed by atoms with Crippen molar-refractivity contribution in [2.75, 3.05) is 5.75 Å². The summed E-state index contributed by atoms with van der Waals surface area (Å²) >= 11 is 0. The second kappa shape index (κ2) is 5.01. The Labute approximate surface area is 119 Å². The van der Waals surface area contributed by atoms with Crippen molar-refractivity contribution in [3.05, 3.63) is 0 Å². The number of nitrogens with zero attached hydrogens (tertiary/aromatic N) is 2. The van der Waals surface area contributed by atoms with E-state index >= 15 is 0 Å². The summed E-state index contributed by atoms with van der Waals surface area (Å²) in [6.07, 6.45) is 2.05. The van der Waals surface area contributed by atoms with Crippen LogP contribution >= 0.6 is 0 Å². The summed E-state index contributed by atoms with van der Waals surface area (Å²) in [5.74, 6) is -1.57. The fourth-order valence-corrected chi connectivity index (χ4v) is 5.47. The van der Waals surface area contributed by atoms with Crippen molar-refractivity contribution < 1.29 is 18.3 Å². The van der Waals surface area contributed by atoms with Gasteiger partial charge in [0.15, 0.2) is 0 Å². The molecule has 3 unspecified atom stereocenters. The van der Waals surface area contributed by atoms with Gasteiger partial charge in [0, 0.05) is 12.1 Å². The summed E-state index contributed by atoms with van der Waals surface area (Å²) in [5, 5.41) is 18.1. The van der Waals surface area contributed by atoms with E-state index in [-0.39, 0.29) is 18.2 Å². The lowest BCUT2D eigenvalue weighted by molar-refractivity contribution is -0.142. The highest BCUT2D eigenvalue weighted by Gasteiger charge is 2.53. The number of carbonyl (C=O) groups is 1. The number of sulfonamides is 1. The third-order valence-corrected chi connectivity index (χ3v) is 6.33. The number of fused-ring (bicyclic) bond motifs is 2. The van der Waals surface area contributed by atoms with Gasteiger partial charge in [0.05, 0.1) is 23.2 Å². The van der Waals surface area contributed by atoms with Crippen LogP contribution in [0.3, 0.4) is 0 Å². The first kappa shape index (κ1) is 15.3. The maximum atomic E-state index is 12.4. The molecule has 0 saturated carbocycles. The zero-order valence-corrected chi connectivity index (χ0v) is 12.6. The predicted octanol–water partition coefficient (Wildman–Crippen LogP) is 1.19. The fourth-order valence-electron chi connectivity index (χ4n) is 3.18. The van der Waals surface area contributed by atoms with Crippen LogP contribution in [-0.4, -0.2) is 41.6 Å². The van der Waals surface area contributed by atoms with Gasteiger partial charge in [0.1, 0.15) is 0 Å². The van der Waals surface area contributed by atoms with Gasteiger partial charge in [-0.1, -0.05) is 0 Å². The Morgan fingerprint density at radius 2 is 2.10 bits per heavy atom. The number of carboxylic acids is 1. The average molecular weight is 300 g/mol. The molecule has 112 valence electrons. The molecule has 7 heteroatoms. The van der Waals surface area contributed by atoms with Gasteiger partial charge in [-0.2, -0.15) is 9.57 Å². The highest BCUT2D eigenvalue weighted by atomic mass is 32.2. The monoisotopic (exact) mass is 300 g/mol. The molecule has 0 amide bonds. The molecule has 0 aromatic rings. The first-order valence-corrected chi connectivity index (χ1v) is 8.44. The molecule has 0 aromatic carbocycles. The molecule has 3 atom stereocenters. The van der Waals surface area contributed by atoms with Gasteiger partial charge < -0.3 is 5.11 Å². The molecular weight excluding hydrogens is 280 g/mol. The zero-order chi connectivity index (χ0) is 15.1. The highest BCUT2D eigenvalue weighted by molar-refractivity contribution is 7.89. The van der Waals surface area contributed by atoms with Crippen molar-refractivity contribution in [1.29, 1.82) is 5.26 Å². The van der Waals surface area contributed by atoms with Crippen LogP contribution in [0.5, 0.6) is 0 Å². The van der Waals surface area contributed by atoms with Gasteiger partial charge in [0.2, 0.25) is 10.0 Å². The highest BCUT2D eigenvalue weighted by Crippen LogP contribution is 2.44. The van der Waals surface area contributed by atoms with E-state index in [0.717, 1.165) is 6.42 Å². The van der Waals surface area contributed by atoms with Crippen LogP contribution in [0.1, 0.15) is 39.5 Å². The summed E-state index contributed by atoms with van der Waals surface area (Å²) in [4.78, 5) is 11.2. The van der Waals surface area contributed by atoms with E-state index in [1.165, 1.54) is 4.31 Å². The Bertz CT molecular complexity index is 549. The minimum atomic E-state index is -3.49. The fraction of sp³-hybridized carbons (Fsp3) is 0.846. The second-order valence-electron chi connectivity index (χ2n) is 6.37. The summed E-state index contributed by atoms with van der Waals surface area (Å²) in [6.45, 7) is 3.42. The molecule has 2 heterocycles. The van der Waals surface area contributed by atoms with E-state index in [0.29, 0.717) is 12.8 Å². The van der Waals surface area contributed by atoms with Crippen molar-refractivity contribution in [2.45, 2.75) is 51.6 Å². The SMILES string of the molecule is CC(C)(C#N)CCS(=O)(=O)N1C2CCC1C(C(=O)O)C2. The number of rotatable bonds is 5. The van der Waals surface area contributed by atoms with Crippen LogP contribution in [0.25, 0.3) is 0 Å². The molecule has 1 N–H and O–H groups in total. The number of hydrogen-bond acceptors (Lipinski definition) is 4. The number of carboxylic acid groups (broad SMARTS) is 1. The van der Waals surface area contributed by atoms with E-state index in [1.54, 1.807) is 13.8 Å². The lowest BCUT2D eigenvalue weighted by atomic mass is 9.89. The van der Waals surface area contributed by atoms with E-state index < -0.39 is 33.4 Å². The zero-order valence-electron chi connectivity index (χ0n) is 11.7. The molecule has 0 aromatic heterocycles. The minimum Gasteiger partial charge on any atom is -0.481 e. The molecule has 0 radical (unpaired) electrons. The van der Waals surface area contributed by atoms with Gasteiger partial charge in [-0.3, -0.25) is 4.79 Å². The largest absolute Gasteiger partial charge is 0.481 e. The maximum Gasteiger partial charge on any atom is 0.308 e. The number of aliphatic carboxylic acids is 1. The Hall–Kier alpha value is -1.13. The third kappa shape index (κ3) is 2.67. The van der Waals surface area contributed by atoms with Gasteiger partial charge in [0.25, 0.3) is 0 Å². The lowest BCUT2D eigenvalue weighted by Gasteiger charge is -2.24. The van der Waals surface area contributed by atoms with E-state index in [2.05, 4.69) is 6.07 Å². The van der Waals surface area contributed by atoms with Crippen LogP contribution < -0.4 is 0 Å². The van der Waals surface area contributed by atoms with Crippen molar-refractivity contribution >= 4 is 16.0 Å². The molecule has 2 aliphatic heterocycles. The molecule has 20 heavy (non-hydrogen) atoms. The molecule has 2 aliphatic rings. The number of nitriles is 1. The smallest absolute Gasteiger partial charge is 0.308 e. The van der Waals surface area contributed by atoms with Crippen molar-refractivity contribution in [1.82, 2.24) is 4.31 Å². The number of hydrogen-bond donors (Lipinski definition) is 1. The standard InChI is InChI=1S/C13H20N2O4S/c1-13(2,8-14)5-6-20(18,19)15-9-3-4-11(15)10(7-9)12(16)17/h9-11H,3-7H2,1-2H3,(H,16,17). The van der Waals surface area contributed by atoms with E-state index in [9.17, 15) is 13.2 Å². The van der Waals surface area contributed by atoms with Gasteiger partial charge >= 0.3 is 5.97 Å². The quantitative estimate of drug-likeness (QED) is 0.822. The maximum absolute atomic E-state index is 12.4. The molecule has 2 fully saturated rings. The average Bonchev–Trinajstić information content (AvgIpc) is 2.95. The normalized spacial score (nSPS) is 30.4. The topological polar surface area (TPSA) is 98.5 Å². The van der Waals surface area contributed by atoms with Gasteiger partial charge in [-0.05, 0) is 39.5 Å². The third-order valence-electron chi connectivity index (χ3n) is 4.40. The van der Waals surface area contributed by atoms with Crippen LogP contribution in [0, 0.1) is 22.7 Å². The van der Waals surface area contributed by atoms with Crippen LogP contribution in [0.2, 0.25) is 0 Å². The summed E-state index contributed by atoms with van der Waals surface area (Å²) < 4.78 is 26.3. The summed E-state index contributed by atoms with van der Waals surface area (Å²) in [6, 6.07) is 1.53. The van der Waals surface area contributed by atoms with Crippen molar-refractivity contribution in [3.63, 3.8) is 0 Å². The van der Waals surface area contributed by atoms with Crippen LogP contribution in [-0.2, 0) is 14.8 Å².